The maximum atomic E-state index is 12.0. The number of carbonyl (C=O) groups is 1. The van der Waals surface area contributed by atoms with E-state index in [4.69, 9.17) is 14.2 Å². The van der Waals surface area contributed by atoms with Gasteiger partial charge < -0.3 is 14.2 Å². The minimum absolute atomic E-state index is 0.105. The summed E-state index contributed by atoms with van der Waals surface area (Å²) in [7, 11) is 3.14. The van der Waals surface area contributed by atoms with Crippen molar-refractivity contribution in [1.29, 1.82) is 0 Å². The molecule has 0 saturated heterocycles. The minimum Gasteiger partial charge on any atom is -0.493 e. The Morgan fingerprint density at radius 2 is 1.81 bits per heavy atom. The first-order valence-corrected chi connectivity index (χ1v) is 8.72. The Bertz CT molecular complexity index is 816. The van der Waals surface area contributed by atoms with Crippen LogP contribution in [0.2, 0.25) is 0 Å². The number of ether oxygens (including phenoxy) is 3. The summed E-state index contributed by atoms with van der Waals surface area (Å²) in [5, 5.41) is 3.95. The van der Waals surface area contributed by atoms with Gasteiger partial charge in [-0.2, -0.15) is 5.10 Å². The second kappa shape index (κ2) is 9.62. The number of hydrogen-bond donors (Lipinski definition) is 1. The van der Waals surface area contributed by atoms with Crippen LogP contribution in [0.3, 0.4) is 0 Å². The Labute approximate surface area is 160 Å². The van der Waals surface area contributed by atoms with Crippen molar-refractivity contribution in [2.45, 2.75) is 26.7 Å². The van der Waals surface area contributed by atoms with Gasteiger partial charge in [0, 0.05) is 0 Å². The average molecular weight is 370 g/mol. The molecule has 0 saturated carbocycles. The van der Waals surface area contributed by atoms with Crippen molar-refractivity contribution < 1.29 is 19.0 Å². The van der Waals surface area contributed by atoms with Gasteiger partial charge in [-0.25, -0.2) is 5.43 Å². The Kier molecular flexibility index (Phi) is 7.23. The molecule has 0 atom stereocenters. The zero-order chi connectivity index (χ0) is 19.8. The van der Waals surface area contributed by atoms with Crippen LogP contribution in [0.5, 0.6) is 17.2 Å². The van der Waals surface area contributed by atoms with Crippen molar-refractivity contribution in [3.8, 4) is 17.2 Å². The molecule has 0 heterocycles. The molecule has 0 aliphatic carbocycles. The van der Waals surface area contributed by atoms with Gasteiger partial charge in [0.2, 0.25) is 0 Å². The zero-order valence-electron chi connectivity index (χ0n) is 16.4. The third-order valence-electron chi connectivity index (χ3n) is 4.05. The van der Waals surface area contributed by atoms with E-state index in [2.05, 4.69) is 30.4 Å². The van der Waals surface area contributed by atoms with E-state index in [0.717, 1.165) is 11.1 Å². The van der Waals surface area contributed by atoms with Gasteiger partial charge in [0.25, 0.3) is 5.91 Å². The fourth-order valence-electron chi connectivity index (χ4n) is 2.42. The number of amides is 1. The largest absolute Gasteiger partial charge is 0.493 e. The number of nitrogens with zero attached hydrogens (tertiary/aromatic N) is 1. The fraction of sp³-hybridized carbons (Fsp3) is 0.333. The normalized spacial score (nSPS) is 10.9. The Morgan fingerprint density at radius 3 is 2.48 bits per heavy atom. The summed E-state index contributed by atoms with van der Waals surface area (Å²) >= 11 is 0. The van der Waals surface area contributed by atoms with Gasteiger partial charge in [-0.15, -0.1) is 0 Å². The molecule has 2 aromatic rings. The Morgan fingerprint density at radius 1 is 1.07 bits per heavy atom. The molecule has 6 nitrogen and oxygen atoms in total. The Hall–Kier alpha value is -3.02. The van der Waals surface area contributed by atoms with Crippen LogP contribution in [-0.4, -0.2) is 32.9 Å². The number of carbonyl (C=O) groups excluding carboxylic acids is 1. The second-order valence-corrected chi connectivity index (χ2v) is 6.38. The van der Waals surface area contributed by atoms with Crippen molar-refractivity contribution in [2.24, 2.45) is 5.10 Å². The Balaban J connectivity index is 1.91. The van der Waals surface area contributed by atoms with Gasteiger partial charge in [-0.05, 0) is 53.8 Å². The smallest absolute Gasteiger partial charge is 0.277 e. The summed E-state index contributed by atoms with van der Waals surface area (Å²) in [6.07, 6.45) is 1.53. The van der Waals surface area contributed by atoms with E-state index in [-0.39, 0.29) is 12.5 Å². The van der Waals surface area contributed by atoms with Crippen LogP contribution in [0.15, 0.2) is 41.5 Å². The molecule has 2 rings (SSSR count). The molecule has 0 fully saturated rings. The summed E-state index contributed by atoms with van der Waals surface area (Å²) in [4.78, 5) is 12.0. The van der Waals surface area contributed by atoms with Crippen LogP contribution in [-0.2, 0) is 4.79 Å². The molecule has 6 heteroatoms. The lowest BCUT2D eigenvalue weighted by atomic mass is 10.0. The minimum atomic E-state index is -0.332. The number of rotatable bonds is 8. The van der Waals surface area contributed by atoms with E-state index in [1.807, 2.05) is 25.1 Å². The van der Waals surface area contributed by atoms with Crippen LogP contribution in [0.25, 0.3) is 0 Å². The molecule has 0 aliphatic heterocycles. The van der Waals surface area contributed by atoms with Crippen molar-refractivity contribution >= 4 is 12.1 Å². The molecule has 0 radical (unpaired) electrons. The number of hydrazone groups is 1. The molecule has 1 amide bonds. The van der Waals surface area contributed by atoms with Gasteiger partial charge in [0.15, 0.2) is 18.1 Å². The third kappa shape index (κ3) is 5.74. The lowest BCUT2D eigenvalue weighted by molar-refractivity contribution is -0.123. The lowest BCUT2D eigenvalue weighted by Crippen LogP contribution is -2.24. The highest BCUT2D eigenvalue weighted by Crippen LogP contribution is 2.27. The molecular weight excluding hydrogens is 344 g/mol. The first kappa shape index (κ1) is 20.3. The highest BCUT2D eigenvalue weighted by atomic mass is 16.5. The van der Waals surface area contributed by atoms with Crippen LogP contribution >= 0.6 is 0 Å². The highest BCUT2D eigenvalue weighted by Gasteiger charge is 2.07. The van der Waals surface area contributed by atoms with E-state index in [9.17, 15) is 4.79 Å². The lowest BCUT2D eigenvalue weighted by Gasteiger charge is -2.12. The van der Waals surface area contributed by atoms with Gasteiger partial charge in [-0.3, -0.25) is 4.79 Å². The van der Waals surface area contributed by atoms with E-state index in [0.29, 0.717) is 23.2 Å². The summed E-state index contributed by atoms with van der Waals surface area (Å²) in [6, 6.07) is 11.4. The zero-order valence-corrected chi connectivity index (χ0v) is 16.4. The number of hydrogen-bond acceptors (Lipinski definition) is 5. The second-order valence-electron chi connectivity index (χ2n) is 6.38. The predicted octanol–water partition coefficient (Wildman–Crippen LogP) is 3.66. The highest BCUT2D eigenvalue weighted by molar-refractivity contribution is 5.83. The van der Waals surface area contributed by atoms with Crippen molar-refractivity contribution in [3.05, 3.63) is 53.1 Å². The molecular formula is C21H26N2O4. The molecule has 2 aromatic carbocycles. The number of nitrogens with one attached hydrogen (secondary N) is 1. The van der Waals surface area contributed by atoms with Crippen LogP contribution in [0.1, 0.15) is 36.5 Å². The summed E-state index contributed by atoms with van der Waals surface area (Å²) in [6.45, 7) is 6.08. The molecule has 144 valence electrons. The molecule has 0 aliphatic rings. The predicted molar refractivity (Wildman–Crippen MR) is 106 cm³/mol. The summed E-state index contributed by atoms with van der Waals surface area (Å²) in [5.41, 5.74) is 5.39. The van der Waals surface area contributed by atoms with E-state index in [1.54, 1.807) is 26.4 Å². The summed E-state index contributed by atoms with van der Waals surface area (Å²) < 4.78 is 16.1. The van der Waals surface area contributed by atoms with Crippen LogP contribution in [0, 0.1) is 6.92 Å². The quantitative estimate of drug-likeness (QED) is 0.569. The molecule has 1 N–H and O–H groups in total. The van der Waals surface area contributed by atoms with E-state index in [1.165, 1.54) is 11.8 Å². The van der Waals surface area contributed by atoms with Crippen molar-refractivity contribution in [2.75, 3.05) is 20.8 Å². The van der Waals surface area contributed by atoms with Gasteiger partial charge >= 0.3 is 0 Å². The van der Waals surface area contributed by atoms with Crippen molar-refractivity contribution in [1.82, 2.24) is 5.43 Å². The average Bonchev–Trinajstić information content (AvgIpc) is 2.66. The maximum absolute atomic E-state index is 12.0. The number of aryl methyl sites for hydroxylation is 1. The van der Waals surface area contributed by atoms with Crippen LogP contribution < -0.4 is 19.6 Å². The molecule has 0 unspecified atom stereocenters. The van der Waals surface area contributed by atoms with E-state index < -0.39 is 0 Å². The molecule has 0 spiro atoms. The van der Waals surface area contributed by atoms with Crippen LogP contribution in [0.4, 0.5) is 0 Å². The van der Waals surface area contributed by atoms with Gasteiger partial charge in [-0.1, -0.05) is 26.0 Å². The molecule has 0 aromatic heterocycles. The fourth-order valence-corrected chi connectivity index (χ4v) is 2.42. The van der Waals surface area contributed by atoms with Crippen molar-refractivity contribution in [3.63, 3.8) is 0 Å². The number of benzene rings is 2. The monoisotopic (exact) mass is 370 g/mol. The third-order valence-corrected chi connectivity index (χ3v) is 4.05. The standard InChI is InChI=1S/C21H26N2O4/c1-14(2)17-8-6-15(3)19(11-17)27-13-21(24)23-22-12-16-7-9-18(25-4)20(10-16)26-5/h6-12,14H,13H2,1-5H3,(H,23,24)/b22-12-. The van der Waals surface area contributed by atoms with Gasteiger partial charge in [0.05, 0.1) is 20.4 Å². The van der Waals surface area contributed by atoms with E-state index >= 15 is 0 Å². The number of methoxy groups -OCH3 is 2. The first-order valence-electron chi connectivity index (χ1n) is 8.72. The SMILES string of the molecule is COc1ccc(/C=N\NC(=O)COc2cc(C(C)C)ccc2C)cc1OC. The topological polar surface area (TPSA) is 69.2 Å². The molecule has 0 bridgehead atoms. The van der Waals surface area contributed by atoms with Gasteiger partial charge in [0.1, 0.15) is 5.75 Å². The molecule has 27 heavy (non-hydrogen) atoms. The summed E-state index contributed by atoms with van der Waals surface area (Å²) in [5.74, 6) is 2.00. The first-order chi connectivity index (χ1) is 12.9. The maximum Gasteiger partial charge on any atom is 0.277 e.